The highest BCUT2D eigenvalue weighted by Crippen LogP contribution is 2.27. The van der Waals surface area contributed by atoms with E-state index in [0.29, 0.717) is 23.5 Å². The van der Waals surface area contributed by atoms with E-state index < -0.39 is 17.9 Å². The van der Waals surface area contributed by atoms with Crippen LogP contribution in [0.25, 0.3) is 0 Å². The van der Waals surface area contributed by atoms with E-state index in [1.807, 2.05) is 36.4 Å². The number of amides is 1. The molecule has 27 heavy (non-hydrogen) atoms. The van der Waals surface area contributed by atoms with Gasteiger partial charge in [0.15, 0.2) is 18.1 Å². The van der Waals surface area contributed by atoms with Crippen LogP contribution in [0.5, 0.6) is 11.5 Å². The van der Waals surface area contributed by atoms with Crippen LogP contribution < -0.4 is 14.8 Å². The number of carbonyl (C=O) groups is 2. The molecule has 0 saturated heterocycles. The summed E-state index contributed by atoms with van der Waals surface area (Å²) in [6.45, 7) is -0.315. The zero-order valence-corrected chi connectivity index (χ0v) is 15.1. The number of esters is 1. The van der Waals surface area contributed by atoms with E-state index >= 15 is 0 Å². The summed E-state index contributed by atoms with van der Waals surface area (Å²) in [5.41, 5.74) is 1.31. The van der Waals surface area contributed by atoms with E-state index in [0.717, 1.165) is 5.56 Å². The normalized spacial score (nSPS) is 11.0. The first-order valence-corrected chi connectivity index (χ1v) is 8.19. The van der Waals surface area contributed by atoms with Crippen molar-refractivity contribution in [3.63, 3.8) is 0 Å². The van der Waals surface area contributed by atoms with Gasteiger partial charge in [0.1, 0.15) is 6.04 Å². The van der Waals surface area contributed by atoms with E-state index in [2.05, 4.69) is 5.32 Å². The van der Waals surface area contributed by atoms with Crippen molar-refractivity contribution >= 4 is 11.9 Å². The van der Waals surface area contributed by atoms with Gasteiger partial charge in [-0.1, -0.05) is 30.3 Å². The van der Waals surface area contributed by atoms with Crippen molar-refractivity contribution in [3.8, 4) is 17.6 Å². The first kappa shape index (κ1) is 19.8. The van der Waals surface area contributed by atoms with Gasteiger partial charge in [0.2, 0.25) is 0 Å². The molecule has 7 nitrogen and oxygen atoms in total. The number of nitrogens with one attached hydrogen (secondary N) is 1. The molecule has 1 atom stereocenters. The lowest BCUT2D eigenvalue weighted by Crippen LogP contribution is -2.44. The number of nitriles is 1. The topological polar surface area (TPSA) is 97.6 Å². The lowest BCUT2D eigenvalue weighted by Gasteiger charge is -2.17. The molecule has 0 heterocycles. The van der Waals surface area contributed by atoms with Crippen LogP contribution in [0, 0.1) is 11.3 Å². The van der Waals surface area contributed by atoms with E-state index in [9.17, 15) is 9.59 Å². The second kappa shape index (κ2) is 9.82. The van der Waals surface area contributed by atoms with Gasteiger partial charge in [0.25, 0.3) is 5.91 Å². The molecule has 0 spiro atoms. The summed E-state index contributed by atoms with van der Waals surface area (Å²) >= 11 is 0. The van der Waals surface area contributed by atoms with Gasteiger partial charge in [-0.05, 0) is 17.7 Å². The fourth-order valence-corrected chi connectivity index (χ4v) is 2.42. The van der Waals surface area contributed by atoms with Gasteiger partial charge in [0, 0.05) is 12.5 Å². The lowest BCUT2D eigenvalue weighted by atomic mass is 10.1. The van der Waals surface area contributed by atoms with Crippen molar-refractivity contribution in [1.29, 1.82) is 5.26 Å². The summed E-state index contributed by atoms with van der Waals surface area (Å²) in [6, 6.07) is 15.1. The predicted molar refractivity (Wildman–Crippen MR) is 97.3 cm³/mol. The van der Waals surface area contributed by atoms with E-state index in [4.69, 9.17) is 19.5 Å². The second-order valence-corrected chi connectivity index (χ2v) is 5.60. The molecule has 0 radical (unpaired) electrons. The van der Waals surface area contributed by atoms with Crippen LogP contribution in [-0.4, -0.2) is 38.7 Å². The Morgan fingerprint density at radius 1 is 1.11 bits per heavy atom. The number of ether oxygens (including phenoxy) is 3. The molecule has 7 heteroatoms. The molecule has 140 valence electrons. The number of rotatable bonds is 8. The minimum atomic E-state index is -0.823. The summed E-state index contributed by atoms with van der Waals surface area (Å²) < 4.78 is 15.4. The molecule has 1 N–H and O–H groups in total. The Morgan fingerprint density at radius 2 is 1.85 bits per heavy atom. The van der Waals surface area contributed by atoms with Gasteiger partial charge in [-0.15, -0.1) is 0 Å². The molecule has 2 aromatic rings. The maximum atomic E-state index is 12.2. The van der Waals surface area contributed by atoms with E-state index in [-0.39, 0.29) is 6.61 Å². The molecule has 0 fully saturated rings. The average molecular weight is 368 g/mol. The van der Waals surface area contributed by atoms with Crippen LogP contribution in [0.15, 0.2) is 48.5 Å². The summed E-state index contributed by atoms with van der Waals surface area (Å²) in [7, 11) is 2.71. The molecular weight excluding hydrogens is 348 g/mol. The van der Waals surface area contributed by atoms with Gasteiger partial charge in [0.05, 0.1) is 25.9 Å². The third kappa shape index (κ3) is 5.75. The first-order chi connectivity index (χ1) is 13.1. The van der Waals surface area contributed by atoms with Crippen molar-refractivity contribution in [2.45, 2.75) is 12.5 Å². The highest BCUT2D eigenvalue weighted by molar-refractivity contribution is 5.85. The fourth-order valence-electron chi connectivity index (χ4n) is 2.42. The maximum Gasteiger partial charge on any atom is 0.328 e. The number of methoxy groups -OCH3 is 2. The fraction of sp³-hybridized carbons (Fsp3) is 0.250. The first-order valence-electron chi connectivity index (χ1n) is 8.19. The number of hydrogen-bond donors (Lipinski definition) is 1. The molecular formula is C20H20N2O5. The molecule has 0 aliphatic rings. The zero-order chi connectivity index (χ0) is 19.6. The van der Waals surface area contributed by atoms with Gasteiger partial charge in [-0.25, -0.2) is 4.79 Å². The molecule has 1 amide bonds. The quantitative estimate of drug-likeness (QED) is 0.714. The smallest absolute Gasteiger partial charge is 0.328 e. The van der Waals surface area contributed by atoms with Crippen LogP contribution in [0.3, 0.4) is 0 Å². The van der Waals surface area contributed by atoms with Gasteiger partial charge < -0.3 is 19.5 Å². The Bertz CT molecular complexity index is 830. The van der Waals surface area contributed by atoms with Crippen LogP contribution in [0.4, 0.5) is 0 Å². The predicted octanol–water partition coefficient (Wildman–Crippen LogP) is 1.85. The average Bonchev–Trinajstić information content (AvgIpc) is 2.71. The summed E-state index contributed by atoms with van der Waals surface area (Å²) in [4.78, 5) is 24.2. The molecule has 2 aromatic carbocycles. The zero-order valence-electron chi connectivity index (χ0n) is 15.1. The summed E-state index contributed by atoms with van der Waals surface area (Å²) in [5, 5.41) is 11.5. The Hall–Kier alpha value is -3.53. The van der Waals surface area contributed by atoms with Crippen LogP contribution in [-0.2, 0) is 20.7 Å². The Morgan fingerprint density at radius 3 is 2.48 bits per heavy atom. The van der Waals surface area contributed by atoms with Gasteiger partial charge >= 0.3 is 5.97 Å². The molecule has 0 aromatic heterocycles. The number of nitrogens with zero attached hydrogens (tertiary/aromatic N) is 1. The minimum Gasteiger partial charge on any atom is -0.493 e. The second-order valence-electron chi connectivity index (χ2n) is 5.60. The van der Waals surface area contributed by atoms with Crippen LogP contribution >= 0.6 is 0 Å². The summed E-state index contributed by atoms with van der Waals surface area (Å²) in [6.07, 6.45) is 0.305. The summed E-state index contributed by atoms with van der Waals surface area (Å²) in [5.74, 6) is -0.351. The largest absolute Gasteiger partial charge is 0.493 e. The standard InChI is InChI=1S/C20H20N2O5/c1-25-18-11-15(12-21)8-9-17(18)27-13-19(23)22-16(20(24)26-2)10-14-6-4-3-5-7-14/h3-9,11,16H,10,13H2,1-2H3,(H,22,23). The van der Waals surface area contributed by atoms with E-state index in [1.54, 1.807) is 12.1 Å². The van der Waals surface area contributed by atoms with Crippen LogP contribution in [0.1, 0.15) is 11.1 Å². The Balaban J connectivity index is 1.99. The number of hydrogen-bond acceptors (Lipinski definition) is 6. The Labute approximate surface area is 157 Å². The highest BCUT2D eigenvalue weighted by atomic mass is 16.5. The Kier molecular flexibility index (Phi) is 7.20. The van der Waals surface area contributed by atoms with Crippen molar-refractivity contribution in [2.24, 2.45) is 0 Å². The number of carbonyl (C=O) groups excluding carboxylic acids is 2. The van der Waals surface area contributed by atoms with Crippen LogP contribution in [0.2, 0.25) is 0 Å². The van der Waals surface area contributed by atoms with Crippen molar-refractivity contribution in [3.05, 3.63) is 59.7 Å². The van der Waals surface area contributed by atoms with Crippen molar-refractivity contribution in [2.75, 3.05) is 20.8 Å². The van der Waals surface area contributed by atoms with Gasteiger partial charge in [-0.3, -0.25) is 4.79 Å². The third-order valence-electron chi connectivity index (χ3n) is 3.76. The molecule has 0 saturated carbocycles. The monoisotopic (exact) mass is 368 g/mol. The van der Waals surface area contributed by atoms with Crippen molar-refractivity contribution in [1.82, 2.24) is 5.32 Å². The molecule has 1 unspecified atom stereocenters. The van der Waals surface area contributed by atoms with Crippen molar-refractivity contribution < 1.29 is 23.8 Å². The van der Waals surface area contributed by atoms with Gasteiger partial charge in [-0.2, -0.15) is 5.26 Å². The number of benzene rings is 2. The SMILES string of the molecule is COC(=O)C(Cc1ccccc1)NC(=O)COc1ccc(C#N)cc1OC. The minimum absolute atomic E-state index is 0.305. The molecule has 0 aliphatic heterocycles. The lowest BCUT2D eigenvalue weighted by molar-refractivity contribution is -0.145. The van der Waals surface area contributed by atoms with E-state index in [1.165, 1.54) is 20.3 Å². The molecule has 2 rings (SSSR count). The molecule has 0 bridgehead atoms. The maximum absolute atomic E-state index is 12.2. The highest BCUT2D eigenvalue weighted by Gasteiger charge is 2.22. The molecule has 0 aliphatic carbocycles. The third-order valence-corrected chi connectivity index (χ3v) is 3.76.